The van der Waals surface area contributed by atoms with E-state index in [4.69, 9.17) is 14.1 Å². The lowest BCUT2D eigenvalue weighted by molar-refractivity contribution is 0.315. The molecular formula is C44H34N2O3S2. The number of methoxy groups -OCH3 is 2. The summed E-state index contributed by atoms with van der Waals surface area (Å²) in [5, 5.41) is 10.8. The topological polar surface area (TPSA) is 57.4 Å². The van der Waals surface area contributed by atoms with Crippen molar-refractivity contribution in [3.05, 3.63) is 150 Å². The van der Waals surface area contributed by atoms with Gasteiger partial charge in [-0.1, -0.05) is 122 Å². The minimum atomic E-state index is 0.705. The molecule has 5 nitrogen and oxygen atoms in total. The van der Waals surface area contributed by atoms with Crippen LogP contribution in [0.2, 0.25) is 0 Å². The van der Waals surface area contributed by atoms with Crippen LogP contribution in [0.4, 0.5) is 0 Å². The van der Waals surface area contributed by atoms with Gasteiger partial charge in [0.1, 0.15) is 22.5 Å². The molecule has 0 aliphatic carbocycles. The zero-order valence-electron chi connectivity index (χ0n) is 28.5. The highest BCUT2D eigenvalue weighted by atomic mass is 32.1. The Kier molecular flexibility index (Phi) is 8.82. The molecule has 9 heterocycles. The molecule has 7 aromatic rings. The second-order valence-corrected chi connectivity index (χ2v) is 14.3. The first-order chi connectivity index (χ1) is 25.1. The molecule has 0 saturated carbocycles. The summed E-state index contributed by atoms with van der Waals surface area (Å²) in [5.74, 6) is 1.77. The zero-order valence-corrected chi connectivity index (χ0v) is 30.1. The lowest BCUT2D eigenvalue weighted by Gasteiger charge is -2.08. The lowest BCUT2D eigenvalue weighted by atomic mass is 9.96. The van der Waals surface area contributed by atoms with Crippen molar-refractivity contribution in [1.82, 2.24) is 10.3 Å². The molecular weight excluding hydrogens is 669 g/mol. The van der Waals surface area contributed by atoms with Crippen molar-refractivity contribution in [1.29, 1.82) is 0 Å². The normalized spacial score (nSPS) is 16.4. The van der Waals surface area contributed by atoms with E-state index in [9.17, 15) is 0 Å². The quantitative estimate of drug-likeness (QED) is 0.183. The molecule has 7 heteroatoms. The Morgan fingerprint density at radius 1 is 0.765 bits per heavy atom. The Hall–Kier alpha value is -5.76. The molecule has 13 rings (SSSR count). The third kappa shape index (κ3) is 5.94. The minimum absolute atomic E-state index is 0.705. The van der Waals surface area contributed by atoms with E-state index in [2.05, 4.69) is 126 Å². The zero-order chi connectivity index (χ0) is 34.9. The van der Waals surface area contributed by atoms with Crippen LogP contribution >= 0.6 is 22.7 Å². The van der Waals surface area contributed by atoms with Gasteiger partial charge in [0.25, 0.3) is 0 Å². The Morgan fingerprint density at radius 2 is 1.37 bits per heavy atom. The monoisotopic (exact) mass is 702 g/mol. The highest BCUT2D eigenvalue weighted by Crippen LogP contribution is 2.52. The number of fused-ring (bicyclic) bond motifs is 2. The average Bonchev–Trinajstić information content (AvgIpc) is 3.93. The van der Waals surface area contributed by atoms with Gasteiger partial charge in [0.2, 0.25) is 0 Å². The van der Waals surface area contributed by atoms with Crippen LogP contribution in [0.5, 0.6) is 11.5 Å². The number of allylic oxidation sites excluding steroid dienone is 10. The van der Waals surface area contributed by atoms with E-state index in [1.54, 1.807) is 43.0 Å². The van der Waals surface area contributed by atoms with Crippen LogP contribution in [0.3, 0.4) is 0 Å². The highest BCUT2D eigenvalue weighted by Gasteiger charge is 2.22. The molecule has 0 fully saturated rings. The van der Waals surface area contributed by atoms with Crippen molar-refractivity contribution in [3.63, 3.8) is 0 Å². The van der Waals surface area contributed by atoms with Gasteiger partial charge in [0.15, 0.2) is 0 Å². The van der Waals surface area contributed by atoms with E-state index in [0.29, 0.717) is 11.0 Å². The van der Waals surface area contributed by atoms with Crippen LogP contribution in [0.25, 0.3) is 69.3 Å². The third-order valence-electron chi connectivity index (χ3n) is 9.10. The Labute approximate surface area is 304 Å². The number of nitrogens with zero attached hydrogens (tertiary/aromatic N) is 2. The van der Waals surface area contributed by atoms with Gasteiger partial charge in [0.05, 0.1) is 23.6 Å². The number of aromatic nitrogens is 2. The average molecular weight is 703 g/mol. The second-order valence-electron chi connectivity index (χ2n) is 12.2. The fourth-order valence-electron chi connectivity index (χ4n) is 6.65. The Morgan fingerprint density at radius 3 is 1.98 bits per heavy atom. The maximum atomic E-state index is 6.10. The Balaban J connectivity index is 1.29. The summed E-state index contributed by atoms with van der Waals surface area (Å²) in [5.41, 5.74) is 9.87. The van der Waals surface area contributed by atoms with Crippen LogP contribution < -0.4 is 9.47 Å². The molecule has 0 unspecified atom stereocenters. The second kappa shape index (κ2) is 13.9. The number of hydrogen-bond donors (Lipinski definition) is 0. The van der Waals surface area contributed by atoms with E-state index in [1.165, 1.54) is 10.4 Å². The summed E-state index contributed by atoms with van der Waals surface area (Å²) < 4.78 is 19.7. The Bertz CT molecular complexity index is 2530. The van der Waals surface area contributed by atoms with Crippen molar-refractivity contribution >= 4 is 71.1 Å². The van der Waals surface area contributed by atoms with Gasteiger partial charge in [0, 0.05) is 31.7 Å². The van der Waals surface area contributed by atoms with Gasteiger partial charge in [-0.15, -0.1) is 22.7 Å². The van der Waals surface area contributed by atoms with E-state index in [-0.39, 0.29) is 0 Å². The fraction of sp³-hybridized carbons (Fsp3) is 0.0909. The summed E-state index contributed by atoms with van der Waals surface area (Å²) >= 11 is 3.46. The van der Waals surface area contributed by atoms with E-state index >= 15 is 0 Å². The summed E-state index contributed by atoms with van der Waals surface area (Å²) in [4.78, 5) is 2.33. The molecule has 4 aromatic carbocycles. The van der Waals surface area contributed by atoms with Gasteiger partial charge in [-0.2, -0.15) is 0 Å². The van der Waals surface area contributed by atoms with Gasteiger partial charge < -0.3 is 9.47 Å². The predicted molar refractivity (Wildman–Crippen MR) is 216 cm³/mol. The number of hydrogen-bond acceptors (Lipinski definition) is 7. The van der Waals surface area contributed by atoms with Gasteiger partial charge in [-0.05, 0) is 69.2 Å². The first-order valence-corrected chi connectivity index (χ1v) is 18.3. The van der Waals surface area contributed by atoms with E-state index in [0.717, 1.165) is 81.9 Å². The standard InChI is InChI=1S/C44H34N2O3S2/c1-5-9-29-13-7-11-27-15-19-31(20-16-27)37-25-35-41(47-3)44-36(42(48-4)43(35)50-37)26-38(51-44)32-21-17-28(18-22-32)12-8-14-30(10-6-2)34-24-23-33(29)39-40(34)46-49-45-39/h5-10,12-26H,1,11H2,2-4H3/b10-6-,12-8-,13-7-,29-9?,30-14+. The molecule has 3 aromatic heterocycles. The summed E-state index contributed by atoms with van der Waals surface area (Å²) in [6.07, 6.45) is 19.2. The smallest absolute Gasteiger partial charge is 0.145 e. The van der Waals surface area contributed by atoms with Crippen LogP contribution in [-0.2, 0) is 6.42 Å². The molecule has 0 N–H and O–H groups in total. The van der Waals surface area contributed by atoms with Crippen molar-refractivity contribution in [3.8, 4) is 32.4 Å². The van der Waals surface area contributed by atoms with Crippen LogP contribution in [0, 0.1) is 0 Å². The van der Waals surface area contributed by atoms with E-state index in [1.807, 2.05) is 19.1 Å². The molecule has 0 radical (unpaired) electrons. The summed E-state index contributed by atoms with van der Waals surface area (Å²) in [7, 11) is 3.51. The van der Waals surface area contributed by atoms with Crippen molar-refractivity contribution < 1.29 is 14.1 Å². The summed E-state index contributed by atoms with van der Waals surface area (Å²) in [6, 6.07) is 26.0. The highest BCUT2D eigenvalue weighted by molar-refractivity contribution is 7.24. The first kappa shape index (κ1) is 32.4. The largest absolute Gasteiger partial charge is 0.495 e. The van der Waals surface area contributed by atoms with Crippen molar-refractivity contribution in [2.24, 2.45) is 0 Å². The van der Waals surface area contributed by atoms with Gasteiger partial charge >= 0.3 is 0 Å². The molecule has 6 aliphatic heterocycles. The number of benzene rings is 4. The maximum absolute atomic E-state index is 6.10. The van der Waals surface area contributed by atoms with Crippen molar-refractivity contribution in [2.45, 2.75) is 13.3 Å². The van der Waals surface area contributed by atoms with Crippen LogP contribution in [0.15, 0.2) is 133 Å². The minimum Gasteiger partial charge on any atom is -0.495 e. The molecule has 6 aliphatic rings. The van der Waals surface area contributed by atoms with Crippen LogP contribution in [0.1, 0.15) is 29.2 Å². The van der Waals surface area contributed by atoms with Gasteiger partial charge in [-0.3, -0.25) is 0 Å². The molecule has 0 atom stereocenters. The maximum Gasteiger partial charge on any atom is 0.145 e. The number of rotatable bonds is 4. The number of ether oxygens (including phenoxy) is 2. The molecule has 51 heavy (non-hydrogen) atoms. The van der Waals surface area contributed by atoms with Gasteiger partial charge in [-0.25, -0.2) is 4.63 Å². The summed E-state index contributed by atoms with van der Waals surface area (Å²) in [6.45, 7) is 5.98. The third-order valence-corrected chi connectivity index (χ3v) is 11.5. The molecule has 12 bridgehead atoms. The van der Waals surface area contributed by atoms with Crippen LogP contribution in [-0.4, -0.2) is 24.5 Å². The first-order valence-electron chi connectivity index (χ1n) is 16.7. The fourth-order valence-corrected chi connectivity index (χ4v) is 9.05. The lowest BCUT2D eigenvalue weighted by Crippen LogP contribution is -1.90. The van der Waals surface area contributed by atoms with Crippen molar-refractivity contribution in [2.75, 3.05) is 14.2 Å². The SMILES string of the molecule is C=CC=C1/C=C\Cc2ccc(cc2)-c2cc3c(OC)c4sc(cc4c(OC)c3s2)-c2ccc(cc2)\C=C/C=C(\C=C/C)c2ccc1c1nonc21. The number of thiophene rings is 2. The molecule has 250 valence electrons. The predicted octanol–water partition coefficient (Wildman–Crippen LogP) is 12.4. The molecule has 0 spiro atoms. The molecule has 0 amide bonds. The molecule has 0 saturated heterocycles. The van der Waals surface area contributed by atoms with E-state index < -0.39 is 0 Å².